The van der Waals surface area contributed by atoms with Gasteiger partial charge in [0.05, 0.1) is 9.80 Å². The highest BCUT2D eigenvalue weighted by atomic mass is 32.1. The number of hydrogen-bond donors (Lipinski definition) is 1. The molecule has 0 spiro atoms. The van der Waals surface area contributed by atoms with E-state index in [1.54, 1.807) is 53.4 Å². The molecule has 1 fully saturated rings. The Hall–Kier alpha value is -3.72. The third-order valence-corrected chi connectivity index (χ3v) is 5.99. The number of amides is 2. The summed E-state index contributed by atoms with van der Waals surface area (Å²) in [6.07, 6.45) is 0. The zero-order valence-electron chi connectivity index (χ0n) is 16.6. The molecule has 2 amide bonds. The van der Waals surface area contributed by atoms with Gasteiger partial charge in [0, 0.05) is 43.5 Å². The van der Waals surface area contributed by atoms with Crippen LogP contribution < -0.4 is 10.2 Å². The van der Waals surface area contributed by atoms with Crippen LogP contribution in [0.3, 0.4) is 0 Å². The molecule has 3 aromatic rings. The second-order valence-electron chi connectivity index (χ2n) is 7.03. The Morgan fingerprint density at radius 3 is 2.29 bits per heavy atom. The zero-order valence-corrected chi connectivity index (χ0v) is 17.4. The Kier molecular flexibility index (Phi) is 5.94. The fourth-order valence-electron chi connectivity index (χ4n) is 3.52. The summed E-state index contributed by atoms with van der Waals surface area (Å²) in [5, 5.41) is 15.9. The van der Waals surface area contributed by atoms with E-state index in [2.05, 4.69) is 5.32 Å². The van der Waals surface area contributed by atoms with Gasteiger partial charge in [-0.05, 0) is 41.8 Å². The Morgan fingerprint density at radius 2 is 1.65 bits per heavy atom. The number of benzene rings is 2. The summed E-state index contributed by atoms with van der Waals surface area (Å²) in [5.41, 5.74) is 1.80. The van der Waals surface area contributed by atoms with E-state index in [9.17, 15) is 19.7 Å². The van der Waals surface area contributed by atoms with Gasteiger partial charge in [-0.15, -0.1) is 11.3 Å². The van der Waals surface area contributed by atoms with Crippen molar-refractivity contribution in [3.05, 3.63) is 86.6 Å². The van der Waals surface area contributed by atoms with Gasteiger partial charge in [0.25, 0.3) is 17.5 Å². The van der Waals surface area contributed by atoms with Crippen LogP contribution >= 0.6 is 11.3 Å². The van der Waals surface area contributed by atoms with E-state index < -0.39 is 0 Å². The maximum absolute atomic E-state index is 12.9. The highest BCUT2D eigenvalue weighted by Crippen LogP contribution is 2.28. The van der Waals surface area contributed by atoms with Crippen molar-refractivity contribution in [3.63, 3.8) is 0 Å². The van der Waals surface area contributed by atoms with Gasteiger partial charge in [0.15, 0.2) is 0 Å². The Bertz CT molecular complexity index is 1090. The first-order valence-corrected chi connectivity index (χ1v) is 10.6. The summed E-state index contributed by atoms with van der Waals surface area (Å²) >= 11 is 1.36. The molecule has 1 saturated heterocycles. The van der Waals surface area contributed by atoms with Crippen LogP contribution in [0.25, 0.3) is 0 Å². The summed E-state index contributed by atoms with van der Waals surface area (Å²) in [7, 11) is 0. The number of para-hydroxylation sites is 2. The van der Waals surface area contributed by atoms with Crippen LogP contribution in [0.1, 0.15) is 20.0 Å². The van der Waals surface area contributed by atoms with Crippen LogP contribution in [0.15, 0.2) is 66.0 Å². The van der Waals surface area contributed by atoms with Crippen LogP contribution in [0.5, 0.6) is 0 Å². The van der Waals surface area contributed by atoms with E-state index in [0.717, 1.165) is 0 Å². The molecule has 0 atom stereocenters. The predicted octanol–water partition coefficient (Wildman–Crippen LogP) is 3.87. The number of piperazine rings is 1. The third kappa shape index (κ3) is 4.56. The van der Waals surface area contributed by atoms with Gasteiger partial charge in [-0.3, -0.25) is 19.7 Å². The van der Waals surface area contributed by atoms with Crippen LogP contribution in [0.4, 0.5) is 17.1 Å². The van der Waals surface area contributed by atoms with Crippen molar-refractivity contribution in [1.82, 2.24) is 4.90 Å². The van der Waals surface area contributed by atoms with Gasteiger partial charge in [0.1, 0.15) is 5.69 Å². The second kappa shape index (κ2) is 8.97. The normalized spacial score (nSPS) is 13.7. The van der Waals surface area contributed by atoms with Crippen LogP contribution in [-0.2, 0) is 0 Å². The maximum Gasteiger partial charge on any atom is 0.292 e. The van der Waals surface area contributed by atoms with E-state index in [-0.39, 0.29) is 22.4 Å². The molecule has 158 valence electrons. The Balaban J connectivity index is 1.37. The number of nitro groups is 1. The molecule has 4 rings (SSSR count). The fourth-order valence-corrected chi connectivity index (χ4v) is 4.13. The van der Waals surface area contributed by atoms with Crippen LogP contribution in [-0.4, -0.2) is 47.8 Å². The van der Waals surface area contributed by atoms with Gasteiger partial charge in [-0.25, -0.2) is 0 Å². The van der Waals surface area contributed by atoms with E-state index in [0.29, 0.717) is 48.0 Å². The minimum atomic E-state index is -0.383. The van der Waals surface area contributed by atoms with Crippen LogP contribution in [0, 0.1) is 10.1 Å². The van der Waals surface area contributed by atoms with E-state index in [1.807, 2.05) is 16.3 Å². The molecule has 1 N–H and O–H groups in total. The van der Waals surface area contributed by atoms with Gasteiger partial charge >= 0.3 is 0 Å². The first-order valence-electron chi connectivity index (χ1n) is 9.75. The molecule has 1 aliphatic rings. The molecular weight excluding hydrogens is 416 g/mol. The average molecular weight is 436 g/mol. The number of carbonyl (C=O) groups is 2. The van der Waals surface area contributed by atoms with Gasteiger partial charge in [0.2, 0.25) is 0 Å². The van der Waals surface area contributed by atoms with Crippen molar-refractivity contribution in [2.45, 2.75) is 0 Å². The predicted molar refractivity (Wildman–Crippen MR) is 120 cm³/mol. The first kappa shape index (κ1) is 20.5. The molecule has 0 unspecified atom stereocenters. The molecule has 0 radical (unpaired) electrons. The summed E-state index contributed by atoms with van der Waals surface area (Å²) in [5.74, 6) is -0.279. The third-order valence-electron chi connectivity index (χ3n) is 5.12. The average Bonchev–Trinajstić information content (AvgIpc) is 3.34. The molecule has 31 heavy (non-hydrogen) atoms. The van der Waals surface area contributed by atoms with Crippen molar-refractivity contribution in [3.8, 4) is 0 Å². The second-order valence-corrected chi connectivity index (χ2v) is 7.98. The minimum Gasteiger partial charge on any atom is -0.362 e. The summed E-state index contributed by atoms with van der Waals surface area (Å²) in [6.45, 7) is 1.99. The monoisotopic (exact) mass is 436 g/mol. The standard InChI is InChI=1S/C22H20N4O4S/c27-21(20-6-3-15-31-20)23-17-9-7-16(8-10-17)22(28)25-13-11-24(12-14-25)18-4-1-2-5-19(18)26(29)30/h1-10,15H,11-14H2,(H,23,27). The maximum atomic E-state index is 12.9. The van der Waals surface area contributed by atoms with Gasteiger partial charge < -0.3 is 15.1 Å². The van der Waals surface area contributed by atoms with Crippen LogP contribution in [0.2, 0.25) is 0 Å². The number of thiophene rings is 1. The lowest BCUT2D eigenvalue weighted by atomic mass is 10.1. The Morgan fingerprint density at radius 1 is 0.935 bits per heavy atom. The largest absolute Gasteiger partial charge is 0.362 e. The van der Waals surface area contributed by atoms with E-state index in [4.69, 9.17) is 0 Å². The lowest BCUT2D eigenvalue weighted by Gasteiger charge is -2.35. The lowest BCUT2D eigenvalue weighted by molar-refractivity contribution is -0.384. The summed E-state index contributed by atoms with van der Waals surface area (Å²) < 4.78 is 0. The lowest BCUT2D eigenvalue weighted by Crippen LogP contribution is -2.48. The minimum absolute atomic E-state index is 0.0717. The molecule has 1 aromatic heterocycles. The van der Waals surface area contributed by atoms with Gasteiger partial charge in [-0.1, -0.05) is 18.2 Å². The molecule has 0 bridgehead atoms. The van der Waals surface area contributed by atoms with Crippen molar-refractivity contribution >= 4 is 40.2 Å². The number of carbonyl (C=O) groups excluding carboxylic acids is 2. The summed E-state index contributed by atoms with van der Waals surface area (Å²) in [6, 6.07) is 17.0. The summed E-state index contributed by atoms with van der Waals surface area (Å²) in [4.78, 5) is 40.2. The number of rotatable bonds is 5. The molecule has 2 heterocycles. The fraction of sp³-hybridized carbons (Fsp3) is 0.182. The highest BCUT2D eigenvalue weighted by Gasteiger charge is 2.26. The molecule has 2 aromatic carbocycles. The van der Waals surface area contributed by atoms with Crippen molar-refractivity contribution in [2.24, 2.45) is 0 Å². The first-order chi connectivity index (χ1) is 15.0. The molecule has 0 aliphatic carbocycles. The van der Waals surface area contributed by atoms with Crippen molar-refractivity contribution in [1.29, 1.82) is 0 Å². The van der Waals surface area contributed by atoms with Crippen molar-refractivity contribution < 1.29 is 14.5 Å². The molecule has 0 saturated carbocycles. The quantitative estimate of drug-likeness (QED) is 0.484. The van der Waals surface area contributed by atoms with E-state index in [1.165, 1.54) is 17.4 Å². The Labute approximate surface area is 182 Å². The van der Waals surface area contributed by atoms with Crippen molar-refractivity contribution in [2.75, 3.05) is 36.4 Å². The smallest absolute Gasteiger partial charge is 0.292 e. The number of nitrogens with one attached hydrogen (secondary N) is 1. The number of nitrogens with zero attached hydrogens (tertiary/aromatic N) is 3. The molecule has 1 aliphatic heterocycles. The number of hydrogen-bond acceptors (Lipinski definition) is 6. The highest BCUT2D eigenvalue weighted by molar-refractivity contribution is 7.12. The molecular formula is C22H20N4O4S. The van der Waals surface area contributed by atoms with Gasteiger partial charge in [-0.2, -0.15) is 0 Å². The molecule has 8 nitrogen and oxygen atoms in total. The van der Waals surface area contributed by atoms with E-state index >= 15 is 0 Å². The number of nitro benzene ring substituents is 1. The molecule has 9 heteroatoms. The number of anilines is 2. The zero-order chi connectivity index (χ0) is 21.8. The SMILES string of the molecule is O=C(Nc1ccc(C(=O)N2CCN(c3ccccc3[N+](=O)[O-])CC2)cc1)c1cccs1. The topological polar surface area (TPSA) is 95.8 Å².